The van der Waals surface area contributed by atoms with Gasteiger partial charge in [-0.25, -0.2) is 13.2 Å². The van der Waals surface area contributed by atoms with Gasteiger partial charge < -0.3 is 9.47 Å². The Morgan fingerprint density at radius 2 is 2.00 bits per heavy atom. The molecule has 0 aliphatic carbocycles. The van der Waals surface area contributed by atoms with E-state index in [4.69, 9.17) is 20.2 Å². The highest BCUT2D eigenvalue weighted by atomic mass is 35.7. The number of carbonyl (C=O) groups excluding carboxylic acids is 1. The number of nitrogens with zero attached hydrogens (tertiary/aromatic N) is 1. The molecule has 0 radical (unpaired) electrons. The first-order valence-corrected chi connectivity index (χ1v) is 7.89. The summed E-state index contributed by atoms with van der Waals surface area (Å²) in [7, 11) is 2.39. The van der Waals surface area contributed by atoms with E-state index in [2.05, 4.69) is 0 Å². The van der Waals surface area contributed by atoms with E-state index in [0.717, 1.165) is 12.1 Å². The molecule has 0 atom stereocenters. The summed E-state index contributed by atoms with van der Waals surface area (Å²) >= 11 is 0. The van der Waals surface area contributed by atoms with Crippen LogP contribution in [0.25, 0.3) is 0 Å². The number of hydrogen-bond donors (Lipinski definition) is 0. The Hall–Kier alpha value is -1.71. The van der Waals surface area contributed by atoms with E-state index in [1.807, 2.05) is 0 Å². The predicted octanol–water partition coefficient (Wildman–Crippen LogP) is 1.63. The van der Waals surface area contributed by atoms with E-state index in [1.165, 1.54) is 14.0 Å². The number of nitro benzene ring substituents is 1. The number of hydrogen-bond acceptors (Lipinski definition) is 7. The van der Waals surface area contributed by atoms with Crippen LogP contribution in [0.5, 0.6) is 0 Å². The van der Waals surface area contributed by atoms with Crippen molar-refractivity contribution in [3.05, 3.63) is 33.4 Å². The molecule has 0 N–H and O–H groups in total. The number of ether oxygens (including phenoxy) is 2. The second kappa shape index (κ2) is 6.83. The van der Waals surface area contributed by atoms with E-state index in [9.17, 15) is 23.3 Å². The van der Waals surface area contributed by atoms with Crippen LogP contribution < -0.4 is 0 Å². The highest BCUT2D eigenvalue weighted by Crippen LogP contribution is 2.28. The quantitative estimate of drug-likeness (QED) is 0.255. The molecule has 1 rings (SSSR count). The van der Waals surface area contributed by atoms with E-state index < -0.39 is 30.5 Å². The van der Waals surface area contributed by atoms with Crippen LogP contribution in [0.2, 0.25) is 0 Å². The number of esters is 1. The molecule has 0 saturated carbocycles. The van der Waals surface area contributed by atoms with Gasteiger partial charge in [-0.15, -0.1) is 0 Å². The highest BCUT2D eigenvalue weighted by molar-refractivity contribution is 8.13. The summed E-state index contributed by atoms with van der Waals surface area (Å²) in [6, 6.07) is 1.74. The largest absolute Gasteiger partial charge is 0.460 e. The van der Waals surface area contributed by atoms with E-state index in [-0.39, 0.29) is 24.3 Å². The van der Waals surface area contributed by atoms with Crippen molar-refractivity contribution in [2.24, 2.45) is 0 Å². The van der Waals surface area contributed by atoms with Crippen molar-refractivity contribution in [2.75, 3.05) is 20.3 Å². The summed E-state index contributed by atoms with van der Waals surface area (Å²) in [6.07, 6.45) is 0. The fourth-order valence-electron chi connectivity index (χ4n) is 1.54. The van der Waals surface area contributed by atoms with Gasteiger partial charge in [0.25, 0.3) is 14.7 Å². The summed E-state index contributed by atoms with van der Waals surface area (Å²) in [5.74, 6) is -0.894. The van der Waals surface area contributed by atoms with Crippen LogP contribution in [0.3, 0.4) is 0 Å². The van der Waals surface area contributed by atoms with Gasteiger partial charge in [-0.05, 0) is 12.5 Å². The van der Waals surface area contributed by atoms with Gasteiger partial charge in [-0.3, -0.25) is 10.1 Å². The lowest BCUT2D eigenvalue weighted by molar-refractivity contribution is -0.385. The van der Waals surface area contributed by atoms with Crippen molar-refractivity contribution in [1.82, 2.24) is 0 Å². The third-order valence-electron chi connectivity index (χ3n) is 2.56. The first-order valence-electron chi connectivity index (χ1n) is 5.58. The molecule has 0 aromatic heterocycles. The molecule has 0 fully saturated rings. The lowest BCUT2D eigenvalue weighted by atomic mass is 10.1. The topological polar surface area (TPSA) is 113 Å². The van der Waals surface area contributed by atoms with Crippen LogP contribution in [0.15, 0.2) is 17.0 Å². The van der Waals surface area contributed by atoms with Crippen LogP contribution in [0.4, 0.5) is 5.69 Å². The Kier molecular flexibility index (Phi) is 5.64. The van der Waals surface area contributed by atoms with Crippen LogP contribution >= 0.6 is 10.7 Å². The van der Waals surface area contributed by atoms with Crippen molar-refractivity contribution < 1.29 is 27.6 Å². The number of non-ortho nitro benzene ring substituents is 1. The van der Waals surface area contributed by atoms with E-state index >= 15 is 0 Å². The Morgan fingerprint density at radius 3 is 2.48 bits per heavy atom. The molecular formula is C11H12ClNO7S. The average Bonchev–Trinajstić information content (AvgIpc) is 2.37. The smallest absolute Gasteiger partial charge is 0.338 e. The average molecular weight is 338 g/mol. The molecule has 0 unspecified atom stereocenters. The number of nitro groups is 1. The van der Waals surface area contributed by atoms with Gasteiger partial charge in [-0.2, -0.15) is 0 Å². The van der Waals surface area contributed by atoms with Crippen molar-refractivity contribution >= 4 is 31.4 Å². The molecule has 116 valence electrons. The zero-order valence-corrected chi connectivity index (χ0v) is 12.7. The Labute approximate surface area is 125 Å². The first-order chi connectivity index (χ1) is 9.68. The normalized spacial score (nSPS) is 11.2. The summed E-state index contributed by atoms with van der Waals surface area (Å²) in [6.45, 7) is 1.38. The standard InChI is InChI=1S/C11H12ClNO7S/c1-7-9(11(14)20-4-3-19-2)5-8(13(15)16)6-10(7)21(12,17)18/h5-6H,3-4H2,1-2H3. The minimum Gasteiger partial charge on any atom is -0.460 e. The van der Waals surface area contributed by atoms with Crippen molar-refractivity contribution in [1.29, 1.82) is 0 Å². The highest BCUT2D eigenvalue weighted by Gasteiger charge is 2.25. The molecule has 8 nitrogen and oxygen atoms in total. The predicted molar refractivity (Wildman–Crippen MR) is 73.0 cm³/mol. The maximum absolute atomic E-state index is 11.9. The molecule has 21 heavy (non-hydrogen) atoms. The third-order valence-corrected chi connectivity index (χ3v) is 4.01. The fourth-order valence-corrected chi connectivity index (χ4v) is 2.76. The maximum Gasteiger partial charge on any atom is 0.338 e. The second-order valence-electron chi connectivity index (χ2n) is 3.94. The number of methoxy groups -OCH3 is 1. The molecule has 10 heteroatoms. The molecule has 0 bridgehead atoms. The van der Waals surface area contributed by atoms with Crippen molar-refractivity contribution in [3.8, 4) is 0 Å². The Balaban J connectivity index is 3.34. The van der Waals surface area contributed by atoms with Crippen LogP contribution in [0, 0.1) is 17.0 Å². The molecule has 1 aromatic rings. The van der Waals surface area contributed by atoms with E-state index in [0.29, 0.717) is 0 Å². The monoisotopic (exact) mass is 337 g/mol. The van der Waals surface area contributed by atoms with Gasteiger partial charge in [0.2, 0.25) is 0 Å². The Bertz CT molecular complexity index is 671. The number of carbonyl (C=O) groups is 1. The molecular weight excluding hydrogens is 326 g/mol. The lowest BCUT2D eigenvalue weighted by Gasteiger charge is -2.09. The summed E-state index contributed by atoms with van der Waals surface area (Å²) in [5.41, 5.74) is -0.823. The number of benzene rings is 1. The van der Waals surface area contributed by atoms with Gasteiger partial charge in [0.1, 0.15) is 6.61 Å². The van der Waals surface area contributed by atoms with E-state index in [1.54, 1.807) is 0 Å². The fraction of sp³-hybridized carbons (Fsp3) is 0.364. The first kappa shape index (κ1) is 17.3. The summed E-state index contributed by atoms with van der Waals surface area (Å²) in [5, 5.41) is 10.8. The molecule has 0 amide bonds. The number of rotatable bonds is 6. The molecule has 0 aliphatic heterocycles. The number of halogens is 1. The second-order valence-corrected chi connectivity index (χ2v) is 6.47. The minimum absolute atomic E-state index is 0.0157. The van der Waals surface area contributed by atoms with Crippen molar-refractivity contribution in [2.45, 2.75) is 11.8 Å². The van der Waals surface area contributed by atoms with Crippen LogP contribution in [0.1, 0.15) is 15.9 Å². The molecule has 0 spiro atoms. The SMILES string of the molecule is COCCOC(=O)c1cc([N+](=O)[O-])cc(S(=O)(=O)Cl)c1C. The Morgan fingerprint density at radius 1 is 1.38 bits per heavy atom. The van der Waals surface area contributed by atoms with Gasteiger partial charge in [0.05, 0.1) is 22.0 Å². The van der Waals surface area contributed by atoms with Gasteiger partial charge >= 0.3 is 5.97 Å². The molecule has 0 saturated heterocycles. The zero-order valence-electron chi connectivity index (χ0n) is 11.2. The maximum atomic E-state index is 11.9. The molecule has 1 aromatic carbocycles. The molecule has 0 aliphatic rings. The molecule has 0 heterocycles. The van der Waals surface area contributed by atoms with Gasteiger partial charge in [0.15, 0.2) is 0 Å². The zero-order chi connectivity index (χ0) is 16.2. The summed E-state index contributed by atoms with van der Waals surface area (Å²) in [4.78, 5) is 21.4. The van der Waals surface area contributed by atoms with Crippen LogP contribution in [-0.4, -0.2) is 39.6 Å². The van der Waals surface area contributed by atoms with Crippen molar-refractivity contribution in [3.63, 3.8) is 0 Å². The van der Waals surface area contributed by atoms with Gasteiger partial charge in [-0.1, -0.05) is 0 Å². The lowest BCUT2D eigenvalue weighted by Crippen LogP contribution is -2.13. The minimum atomic E-state index is -4.24. The third kappa shape index (κ3) is 4.38. The van der Waals surface area contributed by atoms with Gasteiger partial charge in [0, 0.05) is 29.9 Å². The van der Waals surface area contributed by atoms with Crippen LogP contribution in [-0.2, 0) is 18.5 Å². The summed E-state index contributed by atoms with van der Waals surface area (Å²) < 4.78 is 32.4.